The van der Waals surface area contributed by atoms with Crippen LogP contribution in [0.1, 0.15) is 193 Å². The van der Waals surface area contributed by atoms with Crippen LogP contribution in [-0.2, 0) is 65.5 Å². The number of ether oxygens (including phenoxy) is 1. The van der Waals surface area contributed by atoms with Gasteiger partial charge in [0.1, 0.15) is 46.5 Å². The molecular formula is C102H118N30O12. The van der Waals surface area contributed by atoms with E-state index >= 15 is 0 Å². The van der Waals surface area contributed by atoms with Crippen LogP contribution in [0.15, 0.2) is 120 Å². The number of benzene rings is 1. The fraction of sp³-hybridized carbons (Fsp3) is 0.451. The number of nitrogens with one attached hydrogen (secondary N) is 10. The Morgan fingerprint density at radius 2 is 0.764 bits per heavy atom. The predicted octanol–water partition coefficient (Wildman–Crippen LogP) is 7.23. The van der Waals surface area contributed by atoms with Gasteiger partial charge in [-0.05, 0) is 177 Å². The number of fused-ring (bicyclic) bond motifs is 5. The van der Waals surface area contributed by atoms with Gasteiger partial charge in [0, 0.05) is 187 Å². The minimum atomic E-state index is -0.347. The molecule has 25 rings (SSSR count). The molecular weight excluding hydrogens is 1840 g/mol. The number of nitrogens with zero attached hydrogens (tertiary/aromatic N) is 20. The first kappa shape index (κ1) is 95.2. The van der Waals surface area contributed by atoms with Gasteiger partial charge in [0.25, 0.3) is 29.5 Å². The van der Waals surface area contributed by atoms with E-state index in [0.717, 1.165) is 254 Å². The maximum atomic E-state index is 12.0. The third-order valence-electron chi connectivity index (χ3n) is 28.3. The van der Waals surface area contributed by atoms with Crippen LogP contribution >= 0.6 is 0 Å². The quantitative estimate of drug-likeness (QED) is 0.0198. The van der Waals surface area contributed by atoms with Crippen LogP contribution < -0.4 is 67.9 Å². The molecule has 0 radical (unpaired) electrons. The number of morpholine rings is 1. The predicted molar refractivity (Wildman–Crippen MR) is 539 cm³/mol. The van der Waals surface area contributed by atoms with Crippen LogP contribution in [0.25, 0.3) is 58.6 Å². The van der Waals surface area contributed by atoms with Crippen molar-refractivity contribution in [3.05, 3.63) is 164 Å². The minimum Gasteiger partial charge on any atom is -0.393 e. The molecule has 11 N–H and O–H groups in total. The summed E-state index contributed by atoms with van der Waals surface area (Å²) < 4.78 is 14.4. The number of piperazine rings is 1. The second kappa shape index (κ2) is 41.1. The first-order valence-electron chi connectivity index (χ1n) is 50.3. The molecule has 0 spiro atoms. The largest absolute Gasteiger partial charge is 0.393 e. The smallest absolute Gasteiger partial charge is 0.254 e. The van der Waals surface area contributed by atoms with Gasteiger partial charge < -0.3 is 60.9 Å². The summed E-state index contributed by atoms with van der Waals surface area (Å²) in [7, 11) is 4.22. The molecule has 748 valence electrons. The van der Waals surface area contributed by atoms with Crippen LogP contribution in [0.5, 0.6) is 0 Å². The third-order valence-corrected chi connectivity index (χ3v) is 28.3. The number of aliphatic hydroxyl groups is 1. The van der Waals surface area contributed by atoms with Gasteiger partial charge in [0.2, 0.25) is 29.5 Å². The number of carbonyl (C=O) groups is 10. The molecule has 8 saturated heterocycles. The number of aromatic nitrogens is 15. The zero-order chi connectivity index (χ0) is 99.1. The maximum Gasteiger partial charge on any atom is 0.254 e. The van der Waals surface area contributed by atoms with Crippen LogP contribution in [0.4, 0.5) is 46.5 Å². The Hall–Kier alpha value is -15.0. The van der Waals surface area contributed by atoms with Gasteiger partial charge in [-0.15, -0.1) is 0 Å². The molecule has 14 fully saturated rings. The summed E-state index contributed by atoms with van der Waals surface area (Å²) >= 11 is 0. The SMILES string of the molecule is CC(Cc1cc(NC2CC2)n2ncc(/C=C3\CC(=O)NC3=O)c2n1)c1ccccc1.CCN1CCN(c2cc(NC3CC3)n3ncc(/C=C4\CC(=O)NC4=O)c3n2)CC1.CN1CCC(N(C)c2cc(NC3CC3)n3ncc(/C=C4\CC(=O)NC4=O)c3n2)C1.O=C1C/C(=C\c2cnn3c(NC4CC4)cc(CC4CCC(O)CC4)nc23)C(=O)N1.O=C1C/C(=C\c2cnn3c(NC4CC4)cc(N4CCOCC4)nc23)C(=O)N1. The van der Waals surface area contributed by atoms with Gasteiger partial charge in [-0.2, -0.15) is 48.1 Å². The van der Waals surface area contributed by atoms with Crippen molar-refractivity contribution in [3.63, 3.8) is 0 Å². The zero-order valence-electron chi connectivity index (χ0n) is 81.0. The molecule has 8 aliphatic heterocycles. The van der Waals surface area contributed by atoms with E-state index < -0.39 is 0 Å². The summed E-state index contributed by atoms with van der Waals surface area (Å²) in [5.74, 6) is 4.97. The number of aliphatic hydroxyl groups excluding tert-OH is 1. The molecule has 10 aromatic heterocycles. The highest BCUT2D eigenvalue weighted by Crippen LogP contribution is 2.38. The molecule has 6 saturated carbocycles. The highest BCUT2D eigenvalue weighted by molar-refractivity contribution is 6.19. The third kappa shape index (κ3) is 22.4. The Morgan fingerprint density at radius 1 is 0.417 bits per heavy atom. The van der Waals surface area contributed by atoms with Crippen molar-refractivity contribution in [2.75, 3.05) is 127 Å². The lowest BCUT2D eigenvalue weighted by Gasteiger charge is -2.35. The van der Waals surface area contributed by atoms with E-state index in [1.54, 1.807) is 83.9 Å². The topological polar surface area (TPSA) is 488 Å². The molecule has 10 amide bonds. The van der Waals surface area contributed by atoms with Crippen molar-refractivity contribution in [2.24, 2.45) is 5.92 Å². The Morgan fingerprint density at radius 3 is 1.12 bits per heavy atom. The Bertz CT molecular complexity index is 7060. The first-order chi connectivity index (χ1) is 69.9. The Kier molecular flexibility index (Phi) is 27.2. The van der Waals surface area contributed by atoms with E-state index in [1.807, 2.05) is 12.1 Å². The molecule has 2 unspecified atom stereocenters. The number of hydrogen-bond donors (Lipinski definition) is 11. The minimum absolute atomic E-state index is 0.0898. The lowest BCUT2D eigenvalue weighted by molar-refractivity contribution is -0.125. The van der Waals surface area contributed by atoms with Gasteiger partial charge in [-0.25, -0.2) is 24.9 Å². The number of hydrogen-bond acceptors (Lipinski definition) is 32. The second-order valence-electron chi connectivity index (χ2n) is 39.9. The number of carbonyl (C=O) groups excluding carboxylic acids is 10. The lowest BCUT2D eigenvalue weighted by Crippen LogP contribution is -2.46. The van der Waals surface area contributed by atoms with Gasteiger partial charge >= 0.3 is 0 Å². The first-order valence-corrected chi connectivity index (χ1v) is 50.3. The molecule has 0 bridgehead atoms. The lowest BCUT2D eigenvalue weighted by atomic mass is 9.84. The molecule has 42 heteroatoms. The van der Waals surface area contributed by atoms with Crippen molar-refractivity contribution in [1.82, 2.24) is 109 Å². The highest BCUT2D eigenvalue weighted by Gasteiger charge is 2.36. The van der Waals surface area contributed by atoms with Gasteiger partial charge in [-0.3, -0.25) is 74.5 Å². The van der Waals surface area contributed by atoms with Crippen molar-refractivity contribution >= 4 is 164 Å². The molecule has 11 aromatic rings. The van der Waals surface area contributed by atoms with Crippen molar-refractivity contribution < 1.29 is 57.8 Å². The fourth-order valence-corrected chi connectivity index (χ4v) is 19.3. The van der Waals surface area contributed by atoms with Crippen molar-refractivity contribution in [1.29, 1.82) is 0 Å². The second-order valence-corrected chi connectivity index (χ2v) is 39.9. The Labute approximate surface area is 828 Å². The van der Waals surface area contributed by atoms with E-state index in [-0.39, 0.29) is 97.3 Å². The number of imide groups is 5. The zero-order valence-corrected chi connectivity index (χ0v) is 81.0. The molecule has 1 aromatic carbocycles. The van der Waals surface area contributed by atoms with Crippen LogP contribution in [0.2, 0.25) is 0 Å². The maximum absolute atomic E-state index is 12.0. The normalized spacial score (nSPS) is 22.6. The molecule has 6 aliphatic carbocycles. The van der Waals surface area contributed by atoms with Gasteiger partial charge in [0.05, 0.1) is 82.4 Å². The van der Waals surface area contributed by atoms with Gasteiger partial charge in [-0.1, -0.05) is 44.2 Å². The van der Waals surface area contributed by atoms with E-state index in [2.05, 4.69) is 180 Å². The summed E-state index contributed by atoms with van der Waals surface area (Å²) in [4.78, 5) is 153. The monoisotopic (exact) mass is 1950 g/mol. The van der Waals surface area contributed by atoms with Gasteiger partial charge in [0.15, 0.2) is 28.2 Å². The van der Waals surface area contributed by atoms with Crippen LogP contribution in [0.3, 0.4) is 0 Å². The number of amides is 10. The van der Waals surface area contributed by atoms with Crippen LogP contribution in [-0.4, -0.2) is 276 Å². The molecule has 18 heterocycles. The number of anilines is 8. The molecule has 42 nitrogen and oxygen atoms in total. The van der Waals surface area contributed by atoms with Crippen molar-refractivity contribution in [2.45, 2.75) is 203 Å². The van der Waals surface area contributed by atoms with E-state index in [9.17, 15) is 53.1 Å². The number of likely N-dealkylation sites (tertiary alicyclic amines) is 1. The summed E-state index contributed by atoms with van der Waals surface area (Å²) in [6, 6.07) is 23.5. The van der Waals surface area contributed by atoms with E-state index in [4.69, 9.17) is 29.7 Å². The molecule has 2 atom stereocenters. The standard InChI is InChI=1S/C23H23N5O2.C21H25N5O3.2C20H25N7O2.C18H20N6O3/c1-14(15-5-3-2-4-6-15)9-19-12-20(25-18-7-8-18)28-22(26-19)17(13-24-28)10-16-11-21(29)27-23(16)30;27-17-5-1-12(2-6-17)7-16-10-18(23-15-3-4-15)26-20(24-16)14(11-22-26)8-13-9-19(28)25-21(13)29;1-25-6-5-15(11-25)26(2)16-9-17(22-14-3-4-14)27-19(23-16)13(10-21-27)7-12-8-18(28)24-20(12)29;1-2-25-5-7-26(8-6-25)16-11-17(22-15-3-4-15)27-19(23-16)14(12-21-27)9-13-10-18(28)24-20(13)29;25-16-8-11(18(26)22-16)7-12-10-19-24-15(20-13-1-2-13)9-14(21-17(12)24)23-3-5-27-6-4-23/h2-6,10,12-14,18,25H,7-9,11H2,1H3,(H,27,29,30);8,10-12,15,17,23,27H,1-7,9H2,(H,25,28,29);7,9-10,14-15,22H,3-6,8,11H2,1-2H3,(H,24,28,29);9,11-12,15,22H,2-8,10H2,1H3,(H,24,28,29);7,9-10,13,20H,1-6,8H2,(H,22,25,26)/b16-10+;13-8+;12-7+;13-9+;11-7+. The number of likely N-dealkylation sites (N-methyl/N-ethyl adjacent to an activating group) is 3. The number of rotatable bonds is 25. The highest BCUT2D eigenvalue weighted by atomic mass is 16.5. The average molecular weight is 1960 g/mol. The van der Waals surface area contributed by atoms with Crippen LogP contribution in [0, 0.1) is 5.92 Å². The summed E-state index contributed by atoms with van der Waals surface area (Å²) in [5, 5.41) is 61.5. The summed E-state index contributed by atoms with van der Waals surface area (Å²) in [6.07, 6.45) is 35.4. The summed E-state index contributed by atoms with van der Waals surface area (Å²) in [6.45, 7) is 14.4. The molecule has 14 aliphatic rings. The Balaban J connectivity index is 0.000000106. The van der Waals surface area contributed by atoms with E-state index in [1.165, 1.54) is 5.56 Å². The fourth-order valence-electron chi connectivity index (χ4n) is 19.3. The molecule has 144 heavy (non-hydrogen) atoms. The van der Waals surface area contributed by atoms with E-state index in [0.29, 0.717) is 117 Å². The van der Waals surface area contributed by atoms with Crippen molar-refractivity contribution in [3.8, 4) is 0 Å². The average Bonchev–Trinajstić information content (AvgIpc) is 1.63. The summed E-state index contributed by atoms with van der Waals surface area (Å²) in [5.41, 5.74) is 12.6.